The number of allylic oxidation sites excluding steroid dienone is 4. The molecule has 2 aromatic heterocycles. The lowest BCUT2D eigenvalue weighted by Crippen LogP contribution is -1.74. The molecule has 0 atom stereocenters. The van der Waals surface area contributed by atoms with Crippen molar-refractivity contribution in [2.45, 2.75) is 0 Å². The van der Waals surface area contributed by atoms with Crippen LogP contribution in [0.4, 0.5) is 0 Å². The highest BCUT2D eigenvalue weighted by molar-refractivity contribution is 5.48. The van der Waals surface area contributed by atoms with Gasteiger partial charge in [-0.2, -0.15) is 0 Å². The van der Waals surface area contributed by atoms with E-state index in [2.05, 4.69) is 9.97 Å². The lowest BCUT2D eigenvalue weighted by molar-refractivity contribution is 0.557. The van der Waals surface area contributed by atoms with Crippen LogP contribution in [0.5, 0.6) is 0 Å². The van der Waals surface area contributed by atoms with E-state index in [1.165, 1.54) is 6.39 Å². The van der Waals surface area contributed by atoms with Crippen molar-refractivity contribution in [1.82, 2.24) is 9.97 Å². The third-order valence-corrected chi connectivity index (χ3v) is 2.01. The molecule has 0 N–H and O–H groups in total. The Balaban J connectivity index is 1.84. The number of rotatable bonds is 4. The van der Waals surface area contributed by atoms with E-state index in [0.717, 1.165) is 11.4 Å². The van der Waals surface area contributed by atoms with Gasteiger partial charge in [0.2, 0.25) is 0 Å². The Morgan fingerprint density at radius 3 is 2.35 bits per heavy atom. The van der Waals surface area contributed by atoms with Gasteiger partial charge in [0.05, 0.1) is 5.69 Å². The first-order valence-corrected chi connectivity index (χ1v) is 5.26. The molecule has 3 nitrogen and oxygen atoms in total. The van der Waals surface area contributed by atoms with E-state index < -0.39 is 0 Å². The number of pyridine rings is 1. The molecule has 0 radical (unpaired) electrons. The normalized spacial score (nSPS) is 12.0. The lowest BCUT2D eigenvalue weighted by atomic mass is 10.3. The van der Waals surface area contributed by atoms with Gasteiger partial charge in [0.1, 0.15) is 12.0 Å². The van der Waals surface area contributed by atoms with Gasteiger partial charge in [-0.1, -0.05) is 30.4 Å². The van der Waals surface area contributed by atoms with Crippen molar-refractivity contribution in [2.24, 2.45) is 0 Å². The summed E-state index contributed by atoms with van der Waals surface area (Å²) in [7, 11) is 0. The van der Waals surface area contributed by atoms with Crippen LogP contribution in [0.2, 0.25) is 0 Å². The van der Waals surface area contributed by atoms with Crippen molar-refractivity contribution < 1.29 is 4.42 Å². The number of aromatic nitrogens is 2. The van der Waals surface area contributed by atoms with E-state index in [0.29, 0.717) is 0 Å². The molecule has 2 heterocycles. The second-order valence-corrected chi connectivity index (χ2v) is 3.27. The van der Waals surface area contributed by atoms with Gasteiger partial charge >= 0.3 is 0 Å². The van der Waals surface area contributed by atoms with Crippen molar-refractivity contribution in [3.63, 3.8) is 0 Å². The minimum Gasteiger partial charge on any atom is -0.451 e. The van der Waals surface area contributed by atoms with Crippen LogP contribution >= 0.6 is 0 Å². The number of hydrogen-bond acceptors (Lipinski definition) is 3. The van der Waals surface area contributed by atoms with Crippen LogP contribution in [0.1, 0.15) is 11.4 Å². The number of nitrogens with zero attached hydrogens (tertiary/aromatic N) is 2. The zero-order valence-electron chi connectivity index (χ0n) is 9.23. The number of hydrogen-bond donors (Lipinski definition) is 0. The molecule has 2 aromatic rings. The average molecular weight is 224 g/mol. The summed E-state index contributed by atoms with van der Waals surface area (Å²) in [6.45, 7) is 0. The first-order valence-electron chi connectivity index (χ1n) is 5.26. The molecular formula is C14H12N2O. The molecule has 0 aromatic carbocycles. The Hall–Kier alpha value is -2.42. The summed E-state index contributed by atoms with van der Waals surface area (Å²) in [6.07, 6.45) is 16.3. The van der Waals surface area contributed by atoms with Crippen LogP contribution in [0.25, 0.3) is 12.2 Å². The van der Waals surface area contributed by atoms with E-state index in [-0.39, 0.29) is 0 Å². The molecule has 17 heavy (non-hydrogen) atoms. The maximum Gasteiger partial charge on any atom is 0.181 e. The average Bonchev–Trinajstić information content (AvgIpc) is 2.88. The standard InChI is InChI=1S/C14H12N2O/c1(2-4-9-14-11-17-12-16-14)3-7-13-8-5-6-10-15-13/h1-12H/b2-1+,7-3+,9-4+. The van der Waals surface area contributed by atoms with Crippen LogP contribution < -0.4 is 0 Å². The van der Waals surface area contributed by atoms with Gasteiger partial charge in [-0.3, -0.25) is 4.98 Å². The quantitative estimate of drug-likeness (QED) is 0.747. The van der Waals surface area contributed by atoms with Crippen molar-refractivity contribution >= 4 is 12.2 Å². The minimum absolute atomic E-state index is 0.809. The molecule has 0 saturated carbocycles. The third kappa shape index (κ3) is 3.91. The van der Waals surface area contributed by atoms with Crippen LogP contribution in [-0.2, 0) is 0 Å². The summed E-state index contributed by atoms with van der Waals surface area (Å²) in [6, 6.07) is 5.81. The van der Waals surface area contributed by atoms with Gasteiger partial charge in [-0.15, -0.1) is 0 Å². The highest BCUT2D eigenvalue weighted by Gasteiger charge is 1.84. The summed E-state index contributed by atoms with van der Waals surface area (Å²) in [5.41, 5.74) is 1.75. The maximum absolute atomic E-state index is 4.84. The molecule has 3 heteroatoms. The topological polar surface area (TPSA) is 38.9 Å². The molecule has 0 aliphatic heterocycles. The Labute approximate surface area is 99.8 Å². The molecule has 0 fully saturated rings. The van der Waals surface area contributed by atoms with E-state index >= 15 is 0 Å². The van der Waals surface area contributed by atoms with Crippen LogP contribution in [0, 0.1) is 0 Å². The summed E-state index contributed by atoms with van der Waals surface area (Å²) in [5.74, 6) is 0. The summed E-state index contributed by atoms with van der Waals surface area (Å²) >= 11 is 0. The Bertz CT molecular complexity index is 510. The van der Waals surface area contributed by atoms with E-state index in [4.69, 9.17) is 4.42 Å². The van der Waals surface area contributed by atoms with Gasteiger partial charge < -0.3 is 4.42 Å². The van der Waals surface area contributed by atoms with Crippen molar-refractivity contribution in [2.75, 3.05) is 0 Å². The summed E-state index contributed by atoms with van der Waals surface area (Å²) in [5, 5.41) is 0. The highest BCUT2D eigenvalue weighted by atomic mass is 16.3. The second kappa shape index (κ2) is 6.23. The monoisotopic (exact) mass is 224 g/mol. The minimum atomic E-state index is 0.809. The Morgan fingerprint density at radius 2 is 1.71 bits per heavy atom. The Morgan fingerprint density at radius 1 is 0.882 bits per heavy atom. The van der Waals surface area contributed by atoms with Gasteiger partial charge in [-0.05, 0) is 24.3 Å². The predicted octanol–water partition coefficient (Wildman–Crippen LogP) is 3.35. The SMILES string of the molecule is C(=C\C=C\c1cocn1)/C=C/c1ccccn1. The van der Waals surface area contributed by atoms with Crippen molar-refractivity contribution in [1.29, 1.82) is 0 Å². The van der Waals surface area contributed by atoms with Gasteiger partial charge in [-0.25, -0.2) is 4.98 Å². The van der Waals surface area contributed by atoms with Crippen LogP contribution in [0.15, 0.2) is 65.8 Å². The lowest BCUT2D eigenvalue weighted by Gasteiger charge is -1.87. The zero-order valence-corrected chi connectivity index (χ0v) is 9.23. The second-order valence-electron chi connectivity index (χ2n) is 3.27. The molecule has 0 saturated heterocycles. The van der Waals surface area contributed by atoms with Crippen LogP contribution in [-0.4, -0.2) is 9.97 Å². The first kappa shape index (κ1) is 11.1. The first-order chi connectivity index (χ1) is 8.45. The molecule has 0 bridgehead atoms. The predicted molar refractivity (Wildman–Crippen MR) is 67.9 cm³/mol. The van der Waals surface area contributed by atoms with Crippen LogP contribution in [0.3, 0.4) is 0 Å². The zero-order chi connectivity index (χ0) is 11.8. The fourth-order valence-electron chi connectivity index (χ4n) is 1.22. The van der Waals surface area contributed by atoms with E-state index in [1.54, 1.807) is 12.5 Å². The highest BCUT2D eigenvalue weighted by Crippen LogP contribution is 1.98. The van der Waals surface area contributed by atoms with E-state index in [9.17, 15) is 0 Å². The molecule has 0 unspecified atom stereocenters. The molecule has 0 aliphatic rings. The van der Waals surface area contributed by atoms with Crippen molar-refractivity contribution in [3.05, 3.63) is 72.7 Å². The van der Waals surface area contributed by atoms with Crippen molar-refractivity contribution in [3.8, 4) is 0 Å². The van der Waals surface area contributed by atoms with E-state index in [1.807, 2.05) is 54.7 Å². The van der Waals surface area contributed by atoms with Gasteiger partial charge in [0, 0.05) is 6.20 Å². The Kier molecular flexibility index (Phi) is 4.06. The third-order valence-electron chi connectivity index (χ3n) is 2.01. The molecular weight excluding hydrogens is 212 g/mol. The molecule has 2 rings (SSSR count). The summed E-state index contributed by atoms with van der Waals surface area (Å²) in [4.78, 5) is 8.14. The maximum atomic E-state index is 4.84. The fraction of sp³-hybridized carbons (Fsp3) is 0. The smallest absolute Gasteiger partial charge is 0.181 e. The molecule has 0 spiro atoms. The molecule has 0 aliphatic carbocycles. The largest absolute Gasteiger partial charge is 0.451 e. The van der Waals surface area contributed by atoms with Gasteiger partial charge in [0.25, 0.3) is 0 Å². The molecule has 84 valence electrons. The molecule has 0 amide bonds. The number of oxazole rings is 1. The fourth-order valence-corrected chi connectivity index (χ4v) is 1.22. The van der Waals surface area contributed by atoms with Gasteiger partial charge in [0.15, 0.2) is 6.39 Å². The summed E-state index contributed by atoms with van der Waals surface area (Å²) < 4.78 is 4.84.